The van der Waals surface area contributed by atoms with Gasteiger partial charge in [0.2, 0.25) is 15.8 Å². The summed E-state index contributed by atoms with van der Waals surface area (Å²) in [5, 5.41) is 16.8. The van der Waals surface area contributed by atoms with Crippen molar-refractivity contribution in [1.82, 2.24) is 9.88 Å². The van der Waals surface area contributed by atoms with Gasteiger partial charge in [-0.15, -0.1) is 11.8 Å². The summed E-state index contributed by atoms with van der Waals surface area (Å²) in [6, 6.07) is 22.5. The molecule has 0 spiro atoms. The van der Waals surface area contributed by atoms with Crippen molar-refractivity contribution in [3.63, 3.8) is 0 Å². The highest BCUT2D eigenvalue weighted by Gasteiger charge is 2.29. The molecule has 1 aromatic heterocycles. The number of hydrogen-bond acceptors (Lipinski definition) is 9. The van der Waals surface area contributed by atoms with Crippen molar-refractivity contribution < 1.29 is 18.1 Å². The topological polar surface area (TPSA) is 140 Å². The number of piperazine rings is 1. The average Bonchev–Trinajstić information content (AvgIpc) is 3.00. The number of benzene rings is 3. The number of anilines is 1. The molecule has 0 unspecified atom stereocenters. The van der Waals surface area contributed by atoms with Crippen LogP contribution in [0.2, 0.25) is 0 Å². The summed E-state index contributed by atoms with van der Waals surface area (Å²) < 4.78 is 24.1. The predicted molar refractivity (Wildman–Crippen MR) is 163 cm³/mol. The molecule has 4 aromatic rings. The van der Waals surface area contributed by atoms with Crippen molar-refractivity contribution in [3.8, 4) is 11.3 Å². The van der Waals surface area contributed by atoms with Crippen molar-refractivity contribution >= 4 is 38.9 Å². The van der Waals surface area contributed by atoms with Crippen LogP contribution in [0.5, 0.6) is 0 Å². The summed E-state index contributed by atoms with van der Waals surface area (Å²) in [6.07, 6.45) is 3.87. The molecule has 1 aliphatic rings. The van der Waals surface area contributed by atoms with Gasteiger partial charge >= 0.3 is 0 Å². The van der Waals surface area contributed by atoms with Gasteiger partial charge in [-0.3, -0.25) is 24.8 Å². The summed E-state index contributed by atoms with van der Waals surface area (Å²) in [5.74, 6) is -0.780. The Hall–Kier alpha value is -4.10. The van der Waals surface area contributed by atoms with Gasteiger partial charge in [-0.2, -0.15) is 0 Å². The molecule has 1 aliphatic heterocycles. The first-order valence-electron chi connectivity index (χ1n) is 13.2. The lowest BCUT2D eigenvalue weighted by molar-refractivity contribution is -0.385. The molecule has 0 amide bonds. The van der Waals surface area contributed by atoms with Crippen molar-refractivity contribution in [2.24, 2.45) is 5.14 Å². The van der Waals surface area contributed by atoms with E-state index < -0.39 is 36.9 Å². The Morgan fingerprint density at radius 2 is 1.67 bits per heavy atom. The Kier molecular flexibility index (Phi) is 8.69. The molecule has 3 aromatic carbocycles. The van der Waals surface area contributed by atoms with Crippen LogP contribution in [0.25, 0.3) is 11.3 Å². The van der Waals surface area contributed by atoms with Crippen LogP contribution in [0.3, 0.4) is 0 Å². The monoisotopic (exact) mass is 603 g/mol. The highest BCUT2D eigenvalue weighted by Crippen LogP contribution is 2.29. The van der Waals surface area contributed by atoms with Crippen LogP contribution in [-0.2, 0) is 16.6 Å². The molecule has 2 heterocycles. The number of aromatic nitrogens is 1. The van der Waals surface area contributed by atoms with Crippen LogP contribution in [0, 0.1) is 10.1 Å². The number of thioether (sulfide) groups is 1. The SMILES string of the molecule is CSc1ccc(-c2ncccc2CN2CCN(c3ccc(C(=O)c4c([N+](=O)[O-])cccc4S(N)(=O)=O)cc3)CC2)cc1. The summed E-state index contributed by atoms with van der Waals surface area (Å²) in [7, 11) is -4.36. The summed E-state index contributed by atoms with van der Waals surface area (Å²) in [5.41, 5.74) is 3.12. The number of hydrogen-bond donors (Lipinski definition) is 1. The first kappa shape index (κ1) is 29.4. The van der Waals surface area contributed by atoms with Gasteiger partial charge in [0.15, 0.2) is 0 Å². The van der Waals surface area contributed by atoms with Crippen molar-refractivity contribution in [1.29, 1.82) is 0 Å². The van der Waals surface area contributed by atoms with E-state index in [9.17, 15) is 23.3 Å². The number of nitrogens with zero attached hydrogens (tertiary/aromatic N) is 4. The van der Waals surface area contributed by atoms with Crippen LogP contribution in [0.4, 0.5) is 11.4 Å². The van der Waals surface area contributed by atoms with Crippen molar-refractivity contribution in [2.45, 2.75) is 16.3 Å². The lowest BCUT2D eigenvalue weighted by atomic mass is 10.0. The number of carbonyl (C=O) groups is 1. The number of carbonyl (C=O) groups excluding carboxylic acids is 1. The molecule has 10 nitrogen and oxygen atoms in total. The maximum Gasteiger partial charge on any atom is 0.281 e. The lowest BCUT2D eigenvalue weighted by Gasteiger charge is -2.36. The maximum absolute atomic E-state index is 13.3. The Balaban J connectivity index is 1.27. The number of nitro benzene ring substituents is 1. The lowest BCUT2D eigenvalue weighted by Crippen LogP contribution is -2.46. The Morgan fingerprint density at radius 3 is 2.29 bits per heavy atom. The molecule has 42 heavy (non-hydrogen) atoms. The zero-order valence-corrected chi connectivity index (χ0v) is 24.5. The van der Waals surface area contributed by atoms with Crippen LogP contribution in [0.1, 0.15) is 21.5 Å². The van der Waals surface area contributed by atoms with Gasteiger partial charge in [-0.25, -0.2) is 13.6 Å². The standard InChI is InChI=1S/C30H29N5O5S2/c1-41-25-13-9-21(10-14-25)29-23(4-3-15-32-29)20-33-16-18-34(19-17-33)24-11-7-22(8-12-24)30(36)28-26(35(37)38)5-2-6-27(28)42(31,39)40/h2-15H,16-20H2,1H3,(H2,31,39,40). The second-order valence-corrected chi connectivity index (χ2v) is 12.2. The number of ketones is 1. The van der Waals surface area contributed by atoms with E-state index in [0.29, 0.717) is 0 Å². The Labute approximate surface area is 248 Å². The summed E-state index contributed by atoms with van der Waals surface area (Å²) in [4.78, 5) is 33.9. The fourth-order valence-electron chi connectivity index (χ4n) is 5.09. The van der Waals surface area contributed by atoms with Gasteiger partial charge in [-0.1, -0.05) is 24.3 Å². The molecule has 216 valence electrons. The fraction of sp³-hybridized carbons (Fsp3) is 0.200. The smallest absolute Gasteiger partial charge is 0.281 e. The van der Waals surface area contributed by atoms with E-state index in [1.54, 1.807) is 36.0 Å². The summed E-state index contributed by atoms with van der Waals surface area (Å²) >= 11 is 1.71. The molecular formula is C30H29N5O5S2. The van der Waals surface area contributed by atoms with Gasteiger partial charge in [0.1, 0.15) is 5.56 Å². The minimum absolute atomic E-state index is 0.131. The van der Waals surface area contributed by atoms with E-state index >= 15 is 0 Å². The van der Waals surface area contributed by atoms with Crippen LogP contribution >= 0.6 is 11.8 Å². The minimum atomic E-state index is -4.36. The van der Waals surface area contributed by atoms with Crippen LogP contribution in [0.15, 0.2) is 94.9 Å². The number of rotatable bonds is 9. The second-order valence-electron chi connectivity index (χ2n) is 9.83. The molecule has 0 radical (unpaired) electrons. The van der Waals surface area contributed by atoms with E-state index in [4.69, 9.17) is 5.14 Å². The molecule has 5 rings (SSSR count). The van der Waals surface area contributed by atoms with E-state index in [-0.39, 0.29) is 5.56 Å². The normalized spacial score (nSPS) is 14.1. The molecule has 0 atom stereocenters. The average molecular weight is 604 g/mol. The van der Waals surface area contributed by atoms with Crippen molar-refractivity contribution in [3.05, 3.63) is 112 Å². The first-order valence-corrected chi connectivity index (χ1v) is 15.9. The number of primary sulfonamides is 1. The molecule has 1 saturated heterocycles. The maximum atomic E-state index is 13.3. The van der Waals surface area contributed by atoms with Gasteiger partial charge < -0.3 is 4.90 Å². The first-order chi connectivity index (χ1) is 20.2. The van der Waals surface area contributed by atoms with E-state index in [0.717, 1.165) is 61.8 Å². The fourth-order valence-corrected chi connectivity index (χ4v) is 6.24. The van der Waals surface area contributed by atoms with Gasteiger partial charge in [0, 0.05) is 66.7 Å². The second kappa shape index (κ2) is 12.4. The third-order valence-electron chi connectivity index (χ3n) is 7.25. The zero-order chi connectivity index (χ0) is 29.9. The Morgan fingerprint density at radius 1 is 0.976 bits per heavy atom. The molecule has 0 bridgehead atoms. The van der Waals surface area contributed by atoms with Gasteiger partial charge in [-0.05, 0) is 60.4 Å². The Bertz CT molecular complexity index is 1720. The largest absolute Gasteiger partial charge is 0.369 e. The highest BCUT2D eigenvalue weighted by atomic mass is 32.2. The van der Waals surface area contributed by atoms with E-state index in [1.807, 2.05) is 12.3 Å². The summed E-state index contributed by atoms with van der Waals surface area (Å²) in [6.45, 7) is 3.97. The van der Waals surface area contributed by atoms with E-state index in [2.05, 4.69) is 51.4 Å². The molecule has 0 saturated carbocycles. The third kappa shape index (κ3) is 6.36. The van der Waals surface area contributed by atoms with Crippen LogP contribution in [-0.4, -0.2) is 61.4 Å². The third-order valence-corrected chi connectivity index (χ3v) is 8.95. The highest BCUT2D eigenvalue weighted by molar-refractivity contribution is 7.98. The predicted octanol–water partition coefficient (Wildman–Crippen LogP) is 4.58. The number of nitrogens with two attached hydrogens (primary N) is 1. The van der Waals surface area contributed by atoms with Crippen LogP contribution < -0.4 is 10.0 Å². The minimum Gasteiger partial charge on any atom is -0.369 e. The molecule has 2 N–H and O–H groups in total. The van der Waals surface area contributed by atoms with Crippen molar-refractivity contribution in [2.75, 3.05) is 37.3 Å². The number of pyridine rings is 1. The molecule has 1 fully saturated rings. The quantitative estimate of drug-likeness (QED) is 0.126. The van der Waals surface area contributed by atoms with E-state index in [1.165, 1.54) is 16.5 Å². The molecule has 12 heteroatoms. The zero-order valence-electron chi connectivity index (χ0n) is 22.8. The van der Waals surface area contributed by atoms with Gasteiger partial charge in [0.25, 0.3) is 5.69 Å². The van der Waals surface area contributed by atoms with Gasteiger partial charge in [0.05, 0.1) is 15.5 Å². The molecular weight excluding hydrogens is 574 g/mol. The molecule has 0 aliphatic carbocycles. The number of sulfonamides is 1. The number of nitro groups is 1.